The molecule has 1 fully saturated rings. The molecule has 1 aromatic carbocycles. The van der Waals surface area contributed by atoms with E-state index >= 15 is 0 Å². The van der Waals surface area contributed by atoms with Crippen LogP contribution in [-0.4, -0.2) is 31.8 Å². The Bertz CT molecular complexity index is 941. The highest BCUT2D eigenvalue weighted by Crippen LogP contribution is 2.35. The lowest BCUT2D eigenvalue weighted by molar-refractivity contribution is -0.115. The minimum absolute atomic E-state index is 0.0406. The van der Waals surface area contributed by atoms with Crippen LogP contribution in [0, 0.1) is 0 Å². The molecule has 0 bridgehead atoms. The first-order valence-corrected chi connectivity index (χ1v) is 11.7. The number of carbonyl (C=O) groups is 1. The summed E-state index contributed by atoms with van der Waals surface area (Å²) in [5.41, 5.74) is 1.94. The van der Waals surface area contributed by atoms with Gasteiger partial charge in [0.1, 0.15) is 11.3 Å². The monoisotopic (exact) mass is 425 g/mol. The summed E-state index contributed by atoms with van der Waals surface area (Å²) in [6, 6.07) is 12.0. The molecule has 2 aromatic heterocycles. The number of nitrogens with zero attached hydrogens (tertiary/aromatic N) is 4. The zero-order chi connectivity index (χ0) is 19.9. The van der Waals surface area contributed by atoms with E-state index in [4.69, 9.17) is 0 Å². The first-order valence-electron chi connectivity index (χ1n) is 9.91. The quantitative estimate of drug-likeness (QED) is 0.416. The lowest BCUT2D eigenvalue weighted by atomic mass is 9.90. The Morgan fingerprint density at radius 1 is 1.10 bits per heavy atom. The van der Waals surface area contributed by atoms with Crippen molar-refractivity contribution in [1.82, 2.24) is 20.2 Å². The lowest BCUT2D eigenvalue weighted by Crippen LogP contribution is -2.12. The van der Waals surface area contributed by atoms with Gasteiger partial charge in [0, 0.05) is 23.7 Å². The molecule has 0 radical (unpaired) electrons. The molecule has 29 heavy (non-hydrogen) atoms. The molecule has 1 N–H and O–H groups in total. The molecule has 4 rings (SSSR count). The number of carbonyl (C=O) groups excluding carboxylic acids is 1. The molecule has 1 saturated carbocycles. The van der Waals surface area contributed by atoms with Crippen LogP contribution < -0.4 is 5.32 Å². The number of rotatable bonds is 7. The molecule has 2 heterocycles. The first-order chi connectivity index (χ1) is 14.3. The van der Waals surface area contributed by atoms with E-state index in [1.165, 1.54) is 43.4 Å². The summed E-state index contributed by atoms with van der Waals surface area (Å²) in [6.45, 7) is 0. The Balaban J connectivity index is 1.26. The molecule has 6 nitrogen and oxygen atoms in total. The fourth-order valence-electron chi connectivity index (χ4n) is 3.41. The number of nitrogens with one attached hydrogen (secondary N) is 1. The molecule has 0 spiro atoms. The molecule has 8 heteroatoms. The van der Waals surface area contributed by atoms with Crippen molar-refractivity contribution >= 4 is 34.1 Å². The molecular formula is C21H23N5OS2. The number of thioether (sulfide) groups is 1. The van der Waals surface area contributed by atoms with Crippen molar-refractivity contribution in [2.75, 3.05) is 11.1 Å². The molecule has 0 saturated heterocycles. The van der Waals surface area contributed by atoms with E-state index < -0.39 is 0 Å². The molecule has 0 atom stereocenters. The van der Waals surface area contributed by atoms with Crippen molar-refractivity contribution in [2.24, 2.45) is 0 Å². The van der Waals surface area contributed by atoms with Crippen molar-refractivity contribution in [3.8, 4) is 11.3 Å². The number of benzene rings is 1. The van der Waals surface area contributed by atoms with Crippen LogP contribution in [0.15, 0.2) is 47.8 Å². The molecule has 3 aromatic rings. The summed E-state index contributed by atoms with van der Waals surface area (Å²) in [6.07, 6.45) is 8.17. The first kappa shape index (κ1) is 20.0. The summed E-state index contributed by atoms with van der Waals surface area (Å²) in [5.74, 6) is 1.12. The van der Waals surface area contributed by atoms with Gasteiger partial charge in [-0.3, -0.25) is 4.79 Å². The Kier molecular flexibility index (Phi) is 6.84. The maximum absolute atomic E-state index is 12.3. The van der Waals surface area contributed by atoms with Crippen LogP contribution in [0.4, 0.5) is 5.13 Å². The third-order valence-electron chi connectivity index (χ3n) is 4.93. The summed E-state index contributed by atoms with van der Waals surface area (Å²) in [7, 11) is 0. The number of hydrogen-bond donors (Lipinski definition) is 1. The number of amides is 1. The van der Waals surface area contributed by atoms with E-state index in [-0.39, 0.29) is 5.91 Å². The van der Waals surface area contributed by atoms with E-state index in [1.807, 2.05) is 36.4 Å². The Morgan fingerprint density at radius 3 is 2.76 bits per heavy atom. The predicted molar refractivity (Wildman–Crippen MR) is 117 cm³/mol. The van der Waals surface area contributed by atoms with Crippen molar-refractivity contribution in [1.29, 1.82) is 0 Å². The van der Waals surface area contributed by atoms with Crippen molar-refractivity contribution < 1.29 is 4.79 Å². The van der Waals surface area contributed by atoms with E-state index in [9.17, 15) is 4.79 Å². The van der Waals surface area contributed by atoms with Gasteiger partial charge in [0.05, 0.1) is 10.7 Å². The second-order valence-corrected chi connectivity index (χ2v) is 9.16. The average Bonchev–Trinajstić information content (AvgIpc) is 3.24. The minimum Gasteiger partial charge on any atom is -0.301 e. The zero-order valence-corrected chi connectivity index (χ0v) is 17.7. The summed E-state index contributed by atoms with van der Waals surface area (Å²) in [4.78, 5) is 20.9. The second kappa shape index (κ2) is 9.93. The highest BCUT2D eigenvalue weighted by atomic mass is 32.2. The van der Waals surface area contributed by atoms with E-state index in [1.54, 1.807) is 18.1 Å². The fraction of sp³-hybridized carbons (Fsp3) is 0.381. The molecule has 150 valence electrons. The van der Waals surface area contributed by atoms with Gasteiger partial charge in [0.25, 0.3) is 0 Å². The van der Waals surface area contributed by atoms with Gasteiger partial charge in [0.2, 0.25) is 11.0 Å². The topological polar surface area (TPSA) is 80.7 Å². The molecule has 1 aliphatic carbocycles. The Hall–Kier alpha value is -2.32. The van der Waals surface area contributed by atoms with Crippen LogP contribution in [0.1, 0.15) is 49.5 Å². The van der Waals surface area contributed by atoms with E-state index in [2.05, 4.69) is 25.5 Å². The standard InChI is InChI=1S/C21H23N5OS2/c27-18(24-21-26-25-20(29-21)16-9-5-2-6-10-16)11-12-28-19-13-17(22-14-23-19)15-7-3-1-4-8-15/h1,3-4,7-8,13-14,16H,2,5-6,9-12H2,(H,24,26,27). The average molecular weight is 426 g/mol. The van der Waals surface area contributed by atoms with Crippen molar-refractivity contribution in [2.45, 2.75) is 49.5 Å². The Morgan fingerprint density at radius 2 is 1.93 bits per heavy atom. The van der Waals surface area contributed by atoms with Crippen LogP contribution in [-0.2, 0) is 4.79 Å². The van der Waals surface area contributed by atoms with Gasteiger partial charge in [-0.25, -0.2) is 9.97 Å². The third-order valence-corrected chi connectivity index (χ3v) is 6.86. The number of anilines is 1. The van der Waals surface area contributed by atoms with E-state index in [0.717, 1.165) is 21.3 Å². The van der Waals surface area contributed by atoms with Crippen LogP contribution >= 0.6 is 23.1 Å². The van der Waals surface area contributed by atoms with Gasteiger partial charge < -0.3 is 5.32 Å². The zero-order valence-electron chi connectivity index (χ0n) is 16.1. The van der Waals surface area contributed by atoms with Gasteiger partial charge in [-0.2, -0.15) is 0 Å². The largest absolute Gasteiger partial charge is 0.301 e. The lowest BCUT2D eigenvalue weighted by Gasteiger charge is -2.18. The van der Waals surface area contributed by atoms with E-state index in [0.29, 0.717) is 23.2 Å². The highest BCUT2D eigenvalue weighted by molar-refractivity contribution is 7.99. The molecule has 1 aliphatic rings. The van der Waals surface area contributed by atoms with Crippen LogP contribution in [0.2, 0.25) is 0 Å². The van der Waals surface area contributed by atoms with Crippen LogP contribution in [0.5, 0.6) is 0 Å². The third kappa shape index (κ3) is 5.61. The highest BCUT2D eigenvalue weighted by Gasteiger charge is 2.20. The van der Waals surface area contributed by atoms with Crippen molar-refractivity contribution in [3.05, 3.63) is 47.7 Å². The predicted octanol–water partition coefficient (Wildman–Crippen LogP) is 5.16. The summed E-state index contributed by atoms with van der Waals surface area (Å²) >= 11 is 3.07. The second-order valence-electron chi connectivity index (χ2n) is 7.03. The van der Waals surface area contributed by atoms with Gasteiger partial charge in [-0.15, -0.1) is 22.0 Å². The normalized spacial score (nSPS) is 14.6. The molecule has 0 aliphatic heterocycles. The fourth-order valence-corrected chi connectivity index (χ4v) is 5.16. The maximum Gasteiger partial charge on any atom is 0.227 e. The molecule has 1 amide bonds. The van der Waals surface area contributed by atoms with Gasteiger partial charge in [0.15, 0.2) is 0 Å². The van der Waals surface area contributed by atoms with Crippen molar-refractivity contribution in [3.63, 3.8) is 0 Å². The van der Waals surface area contributed by atoms with Gasteiger partial charge in [-0.05, 0) is 18.9 Å². The Labute approximate surface area is 178 Å². The number of hydrogen-bond acceptors (Lipinski definition) is 7. The van der Waals surface area contributed by atoms with Gasteiger partial charge in [-0.1, -0.05) is 60.9 Å². The molecule has 0 unspecified atom stereocenters. The van der Waals surface area contributed by atoms with Crippen LogP contribution in [0.3, 0.4) is 0 Å². The summed E-state index contributed by atoms with van der Waals surface area (Å²) in [5, 5.41) is 13.9. The number of aromatic nitrogens is 4. The smallest absolute Gasteiger partial charge is 0.227 e. The molecular weight excluding hydrogens is 402 g/mol. The SMILES string of the molecule is O=C(CCSc1cc(-c2ccccc2)ncn1)Nc1nnc(C2CCCCC2)s1. The van der Waals surface area contributed by atoms with Gasteiger partial charge >= 0.3 is 0 Å². The van der Waals surface area contributed by atoms with Crippen LogP contribution in [0.25, 0.3) is 11.3 Å². The minimum atomic E-state index is -0.0406. The maximum atomic E-state index is 12.3. The summed E-state index contributed by atoms with van der Waals surface area (Å²) < 4.78 is 0.